The number of likely N-dealkylation sites (tertiary alicyclic amines) is 1. The van der Waals surface area contributed by atoms with Crippen molar-refractivity contribution in [1.29, 1.82) is 0 Å². The van der Waals surface area contributed by atoms with Gasteiger partial charge in [-0.1, -0.05) is 18.2 Å². The molecule has 1 saturated heterocycles. The molecule has 2 unspecified atom stereocenters. The number of amides is 3. The van der Waals surface area contributed by atoms with Gasteiger partial charge < -0.3 is 24.9 Å². The van der Waals surface area contributed by atoms with Crippen molar-refractivity contribution in [3.05, 3.63) is 71.3 Å². The third-order valence-corrected chi connectivity index (χ3v) is 6.76. The molecule has 2 heterocycles. The monoisotopic (exact) mass is 485 g/mol. The van der Waals surface area contributed by atoms with E-state index in [0.29, 0.717) is 30.6 Å². The Morgan fingerprint density at radius 3 is 2.66 bits per heavy atom. The predicted octanol–water partition coefficient (Wildman–Crippen LogP) is 5.09. The van der Waals surface area contributed by atoms with Crippen LogP contribution in [0.3, 0.4) is 0 Å². The van der Waals surface area contributed by atoms with Crippen molar-refractivity contribution in [3.8, 4) is 5.75 Å². The van der Waals surface area contributed by atoms with E-state index < -0.39 is 23.8 Å². The maximum absolute atomic E-state index is 14.5. The van der Waals surface area contributed by atoms with Gasteiger partial charge in [0.1, 0.15) is 17.4 Å². The molecule has 2 aliphatic rings. The van der Waals surface area contributed by atoms with Crippen LogP contribution in [0.4, 0.5) is 18.4 Å². The summed E-state index contributed by atoms with van der Waals surface area (Å²) in [6.07, 6.45) is 3.82. The van der Waals surface area contributed by atoms with Crippen LogP contribution < -0.4 is 0 Å². The first-order chi connectivity index (χ1) is 16.7. The zero-order valence-electron chi connectivity index (χ0n) is 19.5. The van der Waals surface area contributed by atoms with Crippen LogP contribution in [0.25, 0.3) is 5.57 Å². The van der Waals surface area contributed by atoms with Crippen molar-refractivity contribution in [2.75, 3.05) is 26.7 Å². The van der Waals surface area contributed by atoms with Crippen molar-refractivity contribution in [2.24, 2.45) is 0 Å². The molecule has 2 aliphatic heterocycles. The van der Waals surface area contributed by atoms with E-state index in [4.69, 9.17) is 0 Å². The summed E-state index contributed by atoms with van der Waals surface area (Å²) in [4.78, 5) is 29.6. The number of aromatic hydroxyl groups is 1. The van der Waals surface area contributed by atoms with Gasteiger partial charge in [0.25, 0.3) is 0 Å². The third kappa shape index (κ3) is 5.39. The van der Waals surface area contributed by atoms with Gasteiger partial charge in [0.15, 0.2) is 0 Å². The van der Waals surface area contributed by atoms with Gasteiger partial charge >= 0.3 is 12.1 Å². The molecule has 2 N–H and O–H groups in total. The summed E-state index contributed by atoms with van der Waals surface area (Å²) < 4.78 is 28.4. The normalized spacial score (nSPS) is 20.0. The highest BCUT2D eigenvalue weighted by atomic mass is 19.1. The lowest BCUT2D eigenvalue weighted by atomic mass is 10.00. The summed E-state index contributed by atoms with van der Waals surface area (Å²) >= 11 is 0. The Balaban J connectivity index is 1.55. The van der Waals surface area contributed by atoms with Gasteiger partial charge in [-0.25, -0.2) is 18.4 Å². The van der Waals surface area contributed by atoms with Gasteiger partial charge in [0.2, 0.25) is 0 Å². The Morgan fingerprint density at radius 2 is 1.91 bits per heavy atom. The molecule has 2 aromatic rings. The molecular weight excluding hydrogens is 456 g/mol. The SMILES string of the molecule is CN(CCC1CCCCN1C(=O)O)C(=O)N1CC(c2cc(F)ccc2F)=CC1c1cccc(O)c1. The zero-order chi connectivity index (χ0) is 25.1. The Kier molecular flexibility index (Phi) is 7.23. The molecule has 0 radical (unpaired) electrons. The lowest BCUT2D eigenvalue weighted by molar-refractivity contribution is 0.0985. The van der Waals surface area contributed by atoms with Gasteiger partial charge in [0.05, 0.1) is 6.04 Å². The average molecular weight is 486 g/mol. The topological polar surface area (TPSA) is 84.3 Å². The summed E-state index contributed by atoms with van der Waals surface area (Å²) in [5.74, 6) is -1.12. The first-order valence-corrected chi connectivity index (χ1v) is 11.7. The highest BCUT2D eigenvalue weighted by Gasteiger charge is 2.34. The van der Waals surface area contributed by atoms with Crippen LogP contribution in [0.2, 0.25) is 0 Å². The fourth-order valence-electron chi connectivity index (χ4n) is 4.92. The van der Waals surface area contributed by atoms with Gasteiger partial charge in [-0.05, 0) is 67.2 Å². The number of urea groups is 1. The number of rotatable bonds is 5. The molecule has 186 valence electrons. The molecule has 1 fully saturated rings. The van der Waals surface area contributed by atoms with Gasteiger partial charge in [-0.2, -0.15) is 0 Å². The second-order valence-electron chi connectivity index (χ2n) is 9.10. The second-order valence-corrected chi connectivity index (χ2v) is 9.10. The Morgan fingerprint density at radius 1 is 1.11 bits per heavy atom. The predicted molar refractivity (Wildman–Crippen MR) is 127 cm³/mol. The first kappa shape index (κ1) is 24.5. The van der Waals surface area contributed by atoms with E-state index in [-0.39, 0.29) is 29.9 Å². The Bertz CT molecular complexity index is 1140. The minimum Gasteiger partial charge on any atom is -0.508 e. The van der Waals surface area contributed by atoms with Crippen LogP contribution in [0.15, 0.2) is 48.5 Å². The van der Waals surface area contributed by atoms with Crippen molar-refractivity contribution < 1.29 is 28.6 Å². The lowest BCUT2D eigenvalue weighted by Gasteiger charge is -2.35. The quantitative estimate of drug-likeness (QED) is 0.618. The number of hydrogen-bond donors (Lipinski definition) is 2. The smallest absolute Gasteiger partial charge is 0.407 e. The summed E-state index contributed by atoms with van der Waals surface area (Å²) in [6, 6.07) is 8.65. The minimum absolute atomic E-state index is 0.0353. The maximum atomic E-state index is 14.5. The molecule has 0 aromatic heterocycles. The number of phenols is 1. The average Bonchev–Trinajstić information content (AvgIpc) is 3.29. The molecule has 7 nitrogen and oxygen atoms in total. The standard InChI is InChI=1S/C26H29F2N3O4/c1-29(12-10-20-6-2-3-11-30(20)26(34)35)25(33)31-16-18(22-15-19(27)8-9-23(22)28)14-24(31)17-5-4-7-21(32)13-17/h4-5,7-9,13-15,20,24,32H,2-3,6,10-12,16H2,1H3,(H,34,35). The molecule has 35 heavy (non-hydrogen) atoms. The molecule has 4 rings (SSSR count). The van der Waals surface area contributed by atoms with E-state index in [0.717, 1.165) is 37.5 Å². The molecule has 0 spiro atoms. The summed E-state index contributed by atoms with van der Waals surface area (Å²) in [7, 11) is 1.65. The summed E-state index contributed by atoms with van der Waals surface area (Å²) in [5, 5.41) is 19.4. The van der Waals surface area contributed by atoms with Crippen LogP contribution in [0.1, 0.15) is 42.9 Å². The van der Waals surface area contributed by atoms with E-state index in [2.05, 4.69) is 0 Å². The molecule has 9 heteroatoms. The Hall–Kier alpha value is -3.62. The number of carboxylic acid groups (broad SMARTS) is 1. The maximum Gasteiger partial charge on any atom is 0.407 e. The van der Waals surface area contributed by atoms with Crippen LogP contribution in [-0.4, -0.2) is 69.8 Å². The highest BCUT2D eigenvalue weighted by Crippen LogP contribution is 2.37. The molecule has 0 aliphatic carbocycles. The Labute approximate surface area is 202 Å². The fraction of sp³-hybridized carbons (Fsp3) is 0.385. The minimum atomic E-state index is -0.946. The van der Waals surface area contributed by atoms with Crippen molar-refractivity contribution >= 4 is 17.7 Å². The largest absolute Gasteiger partial charge is 0.508 e. The number of halogens is 2. The third-order valence-electron chi connectivity index (χ3n) is 6.76. The molecule has 0 saturated carbocycles. The first-order valence-electron chi connectivity index (χ1n) is 11.7. The number of piperidine rings is 1. The van der Waals surface area contributed by atoms with E-state index in [1.807, 2.05) is 0 Å². The molecular formula is C26H29F2N3O4. The molecule has 2 aromatic carbocycles. The molecule has 3 amide bonds. The van der Waals surface area contributed by atoms with Gasteiger partial charge in [0, 0.05) is 38.3 Å². The van der Waals surface area contributed by atoms with Crippen LogP contribution >= 0.6 is 0 Å². The van der Waals surface area contributed by atoms with Crippen LogP contribution in [0.5, 0.6) is 5.75 Å². The van der Waals surface area contributed by atoms with E-state index in [1.54, 1.807) is 36.2 Å². The van der Waals surface area contributed by atoms with Gasteiger partial charge in [-0.15, -0.1) is 0 Å². The number of hydrogen-bond acceptors (Lipinski definition) is 3. The van der Waals surface area contributed by atoms with Crippen LogP contribution in [-0.2, 0) is 0 Å². The number of carbonyl (C=O) groups excluding carboxylic acids is 1. The van der Waals surface area contributed by atoms with E-state index >= 15 is 0 Å². The number of benzene rings is 2. The van der Waals surface area contributed by atoms with E-state index in [9.17, 15) is 28.6 Å². The second kappa shape index (κ2) is 10.3. The van der Waals surface area contributed by atoms with Crippen molar-refractivity contribution in [1.82, 2.24) is 14.7 Å². The zero-order valence-corrected chi connectivity index (χ0v) is 19.5. The van der Waals surface area contributed by atoms with Crippen molar-refractivity contribution in [3.63, 3.8) is 0 Å². The number of phenolic OH excluding ortho intramolecular Hbond substituents is 1. The number of carbonyl (C=O) groups is 2. The number of nitrogens with zero attached hydrogens (tertiary/aromatic N) is 3. The molecule has 2 atom stereocenters. The highest BCUT2D eigenvalue weighted by molar-refractivity contribution is 5.82. The fourth-order valence-corrected chi connectivity index (χ4v) is 4.92. The summed E-state index contributed by atoms with van der Waals surface area (Å²) in [5.41, 5.74) is 1.21. The summed E-state index contributed by atoms with van der Waals surface area (Å²) in [6.45, 7) is 0.907. The van der Waals surface area contributed by atoms with Crippen LogP contribution in [0, 0.1) is 11.6 Å². The van der Waals surface area contributed by atoms with Crippen molar-refractivity contribution in [2.45, 2.75) is 37.8 Å². The molecule has 0 bridgehead atoms. The lowest BCUT2D eigenvalue weighted by Crippen LogP contribution is -2.46. The van der Waals surface area contributed by atoms with Gasteiger partial charge in [-0.3, -0.25) is 0 Å². The van der Waals surface area contributed by atoms with E-state index in [1.165, 1.54) is 15.9 Å².